The summed E-state index contributed by atoms with van der Waals surface area (Å²) >= 11 is 2.95. The molecule has 0 fully saturated rings. The first kappa shape index (κ1) is 19.2. The molecule has 0 aliphatic carbocycles. The number of aromatic nitrogens is 3. The highest BCUT2D eigenvalue weighted by atomic mass is 32.2. The second kappa shape index (κ2) is 9.43. The topological polar surface area (TPSA) is 95.1 Å². The van der Waals surface area contributed by atoms with Crippen LogP contribution in [-0.4, -0.2) is 39.7 Å². The van der Waals surface area contributed by atoms with Crippen molar-refractivity contribution in [2.75, 3.05) is 24.7 Å². The van der Waals surface area contributed by atoms with Gasteiger partial charge >= 0.3 is 0 Å². The minimum absolute atomic E-state index is 0.0535. The number of thiophene rings is 1. The minimum atomic E-state index is -0.0535. The molecule has 27 heavy (non-hydrogen) atoms. The van der Waals surface area contributed by atoms with Crippen LogP contribution in [0, 0.1) is 0 Å². The molecule has 2 heterocycles. The van der Waals surface area contributed by atoms with Crippen molar-refractivity contribution in [3.8, 4) is 17.1 Å². The Bertz CT molecular complexity index is 863. The van der Waals surface area contributed by atoms with Gasteiger partial charge in [-0.1, -0.05) is 17.8 Å². The molecule has 0 spiro atoms. The minimum Gasteiger partial charge on any atom is -0.494 e. The lowest BCUT2D eigenvalue weighted by Gasteiger charge is -2.06. The molecule has 3 N–H and O–H groups in total. The number of hydrogen-bond acceptors (Lipinski definition) is 7. The first-order chi connectivity index (χ1) is 13.2. The Morgan fingerprint density at radius 2 is 2.11 bits per heavy atom. The number of carbonyl (C=O) groups is 1. The zero-order chi connectivity index (χ0) is 19.1. The lowest BCUT2D eigenvalue weighted by molar-refractivity contribution is -0.118. The molecule has 0 radical (unpaired) electrons. The van der Waals surface area contributed by atoms with E-state index in [1.807, 2.05) is 42.6 Å². The van der Waals surface area contributed by atoms with Crippen molar-refractivity contribution in [3.05, 3.63) is 46.7 Å². The fourth-order valence-corrected chi connectivity index (χ4v) is 3.80. The summed E-state index contributed by atoms with van der Waals surface area (Å²) in [5, 5.41) is 13.6. The maximum absolute atomic E-state index is 12.0. The van der Waals surface area contributed by atoms with Crippen LogP contribution in [0.5, 0.6) is 5.75 Å². The molecule has 7 nitrogen and oxygen atoms in total. The predicted molar refractivity (Wildman–Crippen MR) is 109 cm³/mol. The van der Waals surface area contributed by atoms with Crippen LogP contribution < -0.4 is 15.9 Å². The van der Waals surface area contributed by atoms with Crippen molar-refractivity contribution in [1.82, 2.24) is 20.2 Å². The van der Waals surface area contributed by atoms with Gasteiger partial charge in [0.25, 0.3) is 0 Å². The quantitative estimate of drug-likeness (QED) is 0.421. The smallest absolute Gasteiger partial charge is 0.230 e. The molecule has 1 aromatic carbocycles. The van der Waals surface area contributed by atoms with Crippen LogP contribution in [0.1, 0.15) is 11.8 Å². The molecule has 9 heteroatoms. The molecule has 3 aromatic rings. The van der Waals surface area contributed by atoms with E-state index in [1.54, 1.807) is 11.3 Å². The van der Waals surface area contributed by atoms with E-state index in [1.165, 1.54) is 21.3 Å². The molecule has 3 rings (SSSR count). The summed E-state index contributed by atoms with van der Waals surface area (Å²) in [6.45, 7) is 3.17. The van der Waals surface area contributed by atoms with E-state index in [-0.39, 0.29) is 11.7 Å². The summed E-state index contributed by atoms with van der Waals surface area (Å²) in [6.07, 6.45) is 0.836. The number of ether oxygens (including phenoxy) is 1. The largest absolute Gasteiger partial charge is 0.494 e. The maximum Gasteiger partial charge on any atom is 0.230 e. The van der Waals surface area contributed by atoms with Crippen LogP contribution in [-0.2, 0) is 11.2 Å². The third-order valence-electron chi connectivity index (χ3n) is 3.69. The second-order valence-corrected chi connectivity index (χ2v) is 7.58. The van der Waals surface area contributed by atoms with E-state index in [9.17, 15) is 4.79 Å². The third-order valence-corrected chi connectivity index (χ3v) is 5.57. The monoisotopic (exact) mass is 403 g/mol. The highest BCUT2D eigenvalue weighted by molar-refractivity contribution is 7.99. The summed E-state index contributed by atoms with van der Waals surface area (Å²) in [6, 6.07) is 11.6. The Morgan fingerprint density at radius 1 is 1.30 bits per heavy atom. The summed E-state index contributed by atoms with van der Waals surface area (Å²) in [5.74, 6) is 7.61. The van der Waals surface area contributed by atoms with E-state index >= 15 is 0 Å². The fraction of sp³-hybridized carbons (Fsp3) is 0.278. The Kier molecular flexibility index (Phi) is 6.72. The molecule has 0 saturated heterocycles. The number of benzene rings is 1. The van der Waals surface area contributed by atoms with Gasteiger partial charge in [0.15, 0.2) is 5.82 Å². The van der Waals surface area contributed by atoms with Crippen molar-refractivity contribution in [3.63, 3.8) is 0 Å². The number of thioether (sulfide) groups is 1. The molecule has 0 bridgehead atoms. The number of nitrogen functional groups attached to an aromatic ring is 1. The number of rotatable bonds is 9. The number of nitrogens with two attached hydrogens (primary N) is 1. The molecular formula is C18H21N5O2S2. The predicted octanol–water partition coefficient (Wildman–Crippen LogP) is 2.57. The first-order valence-electron chi connectivity index (χ1n) is 8.53. The number of nitrogens with zero attached hydrogens (tertiary/aromatic N) is 3. The van der Waals surface area contributed by atoms with Crippen LogP contribution in [0.25, 0.3) is 11.4 Å². The lowest BCUT2D eigenvalue weighted by Crippen LogP contribution is -2.27. The van der Waals surface area contributed by atoms with Gasteiger partial charge in [-0.25, -0.2) is 4.68 Å². The molecule has 0 unspecified atom stereocenters. The average Bonchev–Trinajstić information content (AvgIpc) is 3.31. The third kappa shape index (κ3) is 5.24. The number of hydrogen-bond donors (Lipinski definition) is 2. The molecule has 0 aliphatic heterocycles. The highest BCUT2D eigenvalue weighted by Gasteiger charge is 2.14. The van der Waals surface area contributed by atoms with Gasteiger partial charge in [0.1, 0.15) is 5.75 Å². The van der Waals surface area contributed by atoms with Gasteiger partial charge in [0.05, 0.1) is 12.4 Å². The molecule has 0 aliphatic rings. The normalized spacial score (nSPS) is 10.7. The summed E-state index contributed by atoms with van der Waals surface area (Å²) in [7, 11) is 0. The Hall–Kier alpha value is -2.52. The van der Waals surface area contributed by atoms with Gasteiger partial charge in [0.2, 0.25) is 11.1 Å². The van der Waals surface area contributed by atoms with E-state index < -0.39 is 0 Å². The van der Waals surface area contributed by atoms with Gasteiger partial charge in [-0.05, 0) is 49.1 Å². The van der Waals surface area contributed by atoms with Gasteiger partial charge in [-0.2, -0.15) is 0 Å². The SMILES string of the molecule is CCOc1ccc(-c2nnc(SCC(=O)NCCc3cccs3)n2N)cc1. The Morgan fingerprint density at radius 3 is 2.81 bits per heavy atom. The van der Waals surface area contributed by atoms with Crippen LogP contribution in [0.15, 0.2) is 46.9 Å². The molecule has 1 amide bonds. The number of amides is 1. The van der Waals surface area contributed by atoms with E-state index in [2.05, 4.69) is 21.6 Å². The maximum atomic E-state index is 12.0. The van der Waals surface area contributed by atoms with E-state index in [4.69, 9.17) is 10.6 Å². The van der Waals surface area contributed by atoms with Gasteiger partial charge in [0, 0.05) is 17.0 Å². The van der Waals surface area contributed by atoms with Crippen molar-refractivity contribution in [2.45, 2.75) is 18.5 Å². The fourth-order valence-electron chi connectivity index (χ4n) is 2.40. The second-order valence-electron chi connectivity index (χ2n) is 5.60. The molecular weight excluding hydrogens is 382 g/mol. The number of carbonyl (C=O) groups excluding carboxylic acids is 1. The molecule has 0 atom stereocenters. The first-order valence-corrected chi connectivity index (χ1v) is 10.4. The summed E-state index contributed by atoms with van der Waals surface area (Å²) in [4.78, 5) is 13.2. The van der Waals surface area contributed by atoms with Crippen molar-refractivity contribution >= 4 is 29.0 Å². The van der Waals surface area contributed by atoms with Crippen LogP contribution in [0.2, 0.25) is 0 Å². The van der Waals surface area contributed by atoms with Crippen LogP contribution in [0.4, 0.5) is 0 Å². The summed E-state index contributed by atoms with van der Waals surface area (Å²) in [5.41, 5.74) is 0.834. The van der Waals surface area contributed by atoms with Crippen molar-refractivity contribution in [1.29, 1.82) is 0 Å². The van der Waals surface area contributed by atoms with Gasteiger partial charge in [-0.15, -0.1) is 21.5 Å². The van der Waals surface area contributed by atoms with Gasteiger partial charge in [-0.3, -0.25) is 4.79 Å². The molecule has 0 saturated carbocycles. The van der Waals surface area contributed by atoms with Crippen LogP contribution in [0.3, 0.4) is 0 Å². The van der Waals surface area contributed by atoms with Crippen molar-refractivity contribution < 1.29 is 9.53 Å². The zero-order valence-electron chi connectivity index (χ0n) is 14.9. The van der Waals surface area contributed by atoms with Gasteiger partial charge < -0.3 is 15.9 Å². The van der Waals surface area contributed by atoms with E-state index in [0.717, 1.165) is 17.7 Å². The summed E-state index contributed by atoms with van der Waals surface area (Å²) < 4.78 is 6.83. The van der Waals surface area contributed by atoms with Crippen LogP contribution >= 0.6 is 23.1 Å². The van der Waals surface area contributed by atoms with E-state index in [0.29, 0.717) is 24.1 Å². The number of nitrogens with one attached hydrogen (secondary N) is 1. The zero-order valence-corrected chi connectivity index (χ0v) is 16.6. The highest BCUT2D eigenvalue weighted by Crippen LogP contribution is 2.23. The Labute approximate surface area is 165 Å². The Balaban J connectivity index is 1.51. The molecule has 142 valence electrons. The standard InChI is InChI=1S/C18H21N5O2S2/c1-2-25-14-7-5-13(6-8-14)17-21-22-18(23(17)19)27-12-16(24)20-10-9-15-4-3-11-26-15/h3-8,11H,2,9-10,12,19H2,1H3,(H,20,24). The molecule has 2 aromatic heterocycles. The van der Waals surface area contributed by atoms with Crippen molar-refractivity contribution in [2.24, 2.45) is 0 Å². The lowest BCUT2D eigenvalue weighted by atomic mass is 10.2. The average molecular weight is 404 g/mol.